The number of fused-ring (bicyclic) bond motifs is 6. The molecule has 2 aromatic heterocycles. The number of hydrogen-bond donors (Lipinski definition) is 0. The van der Waals surface area contributed by atoms with Crippen LogP contribution in [-0.2, 0) is 0 Å². The van der Waals surface area contributed by atoms with Gasteiger partial charge in [0.05, 0.1) is 10.4 Å². The van der Waals surface area contributed by atoms with Gasteiger partial charge in [0, 0.05) is 48.2 Å². The van der Waals surface area contributed by atoms with Gasteiger partial charge in [-0.05, 0) is 76.9 Å². The molecule has 0 radical (unpaired) electrons. The molecule has 218 valence electrons. The zero-order valence-electron chi connectivity index (χ0n) is 24.7. The summed E-state index contributed by atoms with van der Waals surface area (Å²) in [4.78, 5) is 2.40. The highest BCUT2D eigenvalue weighted by Gasteiger charge is 2.22. The van der Waals surface area contributed by atoms with Crippen molar-refractivity contribution >= 4 is 86.4 Å². The summed E-state index contributed by atoms with van der Waals surface area (Å²) >= 11 is 5.73. The fraction of sp³-hybridized carbons (Fsp3) is 0. The van der Waals surface area contributed by atoms with Crippen molar-refractivity contribution in [3.63, 3.8) is 0 Å². The van der Waals surface area contributed by atoms with Crippen LogP contribution in [0.3, 0.4) is 0 Å². The Morgan fingerprint density at radius 1 is 0.457 bits per heavy atom. The van der Waals surface area contributed by atoms with E-state index in [9.17, 15) is 0 Å². The first-order chi connectivity index (χ1) is 22.7. The molecule has 0 saturated carbocycles. The van der Waals surface area contributed by atoms with Crippen LogP contribution >= 0.6 is 27.3 Å². The number of furan rings is 1. The average molecular weight is 673 g/mol. The van der Waals surface area contributed by atoms with Gasteiger partial charge < -0.3 is 9.32 Å². The van der Waals surface area contributed by atoms with Crippen LogP contribution in [0.1, 0.15) is 0 Å². The van der Waals surface area contributed by atoms with Crippen molar-refractivity contribution in [2.24, 2.45) is 0 Å². The van der Waals surface area contributed by atoms with Gasteiger partial charge in [-0.2, -0.15) is 0 Å². The number of benzene rings is 7. The molecule has 0 aliphatic rings. The van der Waals surface area contributed by atoms with E-state index in [1.807, 2.05) is 23.5 Å². The molecule has 0 aliphatic carbocycles. The van der Waals surface area contributed by atoms with Gasteiger partial charge in [0.1, 0.15) is 11.2 Å². The van der Waals surface area contributed by atoms with E-state index in [1.165, 1.54) is 31.3 Å². The van der Waals surface area contributed by atoms with Gasteiger partial charge in [-0.15, -0.1) is 11.3 Å². The molecule has 2 nitrogen and oxygen atoms in total. The number of hydrogen-bond acceptors (Lipinski definition) is 3. The maximum absolute atomic E-state index is 6.43. The topological polar surface area (TPSA) is 16.4 Å². The summed E-state index contributed by atoms with van der Waals surface area (Å²) < 4.78 is 9.97. The number of anilines is 3. The lowest BCUT2D eigenvalue weighted by Gasteiger charge is -2.27. The highest BCUT2D eigenvalue weighted by molar-refractivity contribution is 9.10. The molecule has 2 heterocycles. The second-order valence-electron chi connectivity index (χ2n) is 11.5. The predicted molar refractivity (Wildman–Crippen MR) is 200 cm³/mol. The third kappa shape index (κ3) is 4.61. The maximum atomic E-state index is 6.43. The van der Waals surface area contributed by atoms with Crippen LogP contribution in [0.2, 0.25) is 0 Å². The van der Waals surface area contributed by atoms with Crippen molar-refractivity contribution < 1.29 is 4.42 Å². The van der Waals surface area contributed by atoms with E-state index in [-0.39, 0.29) is 0 Å². The zero-order chi connectivity index (χ0) is 30.6. The number of nitrogens with zero attached hydrogens (tertiary/aromatic N) is 1. The molecule has 9 aromatic rings. The first kappa shape index (κ1) is 27.2. The highest BCUT2D eigenvalue weighted by atomic mass is 79.9. The van der Waals surface area contributed by atoms with Crippen molar-refractivity contribution in [1.82, 2.24) is 0 Å². The van der Waals surface area contributed by atoms with Gasteiger partial charge in [0.25, 0.3) is 0 Å². The molecule has 0 bridgehead atoms. The quantitative estimate of drug-likeness (QED) is 0.181. The van der Waals surface area contributed by atoms with Gasteiger partial charge >= 0.3 is 0 Å². The summed E-state index contributed by atoms with van der Waals surface area (Å²) in [5, 5.41) is 4.74. The molecule has 0 fully saturated rings. The summed E-state index contributed by atoms with van der Waals surface area (Å²) in [5.74, 6) is 0. The molecule has 0 spiro atoms. The summed E-state index contributed by atoms with van der Waals surface area (Å²) in [7, 11) is 0. The maximum Gasteiger partial charge on any atom is 0.137 e. The molecule has 0 unspecified atom stereocenters. The minimum atomic E-state index is 0.869. The van der Waals surface area contributed by atoms with Gasteiger partial charge in [-0.1, -0.05) is 113 Å². The number of thiophene rings is 1. The Hall–Kier alpha value is -5.16. The third-order valence-electron chi connectivity index (χ3n) is 8.68. The van der Waals surface area contributed by atoms with Crippen LogP contribution in [0, 0.1) is 0 Å². The van der Waals surface area contributed by atoms with Crippen LogP contribution in [-0.4, -0.2) is 0 Å². The molecule has 4 heteroatoms. The Morgan fingerprint density at radius 3 is 1.83 bits per heavy atom. The van der Waals surface area contributed by atoms with Gasteiger partial charge in [0.15, 0.2) is 0 Å². The first-order valence-electron chi connectivity index (χ1n) is 15.3. The SMILES string of the molecule is Brc1cc(N(c2cc(-c3ccccc3)cc(-c3ccccc3)c2)c2ccc3c(c2)oc2ccccc23)c2sc3ccccc3c2c1. The van der Waals surface area contributed by atoms with Crippen LogP contribution in [0.4, 0.5) is 17.1 Å². The Kier molecular flexibility index (Phi) is 6.51. The summed E-state index contributed by atoms with van der Waals surface area (Å²) in [5.41, 5.74) is 9.67. The largest absolute Gasteiger partial charge is 0.456 e. The van der Waals surface area contributed by atoms with Crippen molar-refractivity contribution in [1.29, 1.82) is 0 Å². The Bertz CT molecular complexity index is 2490. The highest BCUT2D eigenvalue weighted by Crippen LogP contribution is 2.48. The Labute approximate surface area is 278 Å². The molecular weight excluding hydrogens is 646 g/mol. The molecule has 7 aromatic carbocycles. The van der Waals surface area contributed by atoms with E-state index in [1.54, 1.807) is 0 Å². The fourth-order valence-corrected chi connectivity index (χ4v) is 8.19. The van der Waals surface area contributed by atoms with E-state index in [0.717, 1.165) is 54.6 Å². The first-order valence-corrected chi connectivity index (χ1v) is 16.9. The van der Waals surface area contributed by atoms with Gasteiger partial charge in [-0.3, -0.25) is 0 Å². The predicted octanol–water partition coefficient (Wildman–Crippen LogP) is 13.5. The third-order valence-corrected chi connectivity index (χ3v) is 10.3. The van der Waals surface area contributed by atoms with E-state index >= 15 is 0 Å². The number of halogens is 1. The molecular formula is C42H26BrNOS. The fourth-order valence-electron chi connectivity index (χ4n) is 6.56. The molecule has 0 saturated heterocycles. The lowest BCUT2D eigenvalue weighted by atomic mass is 9.97. The molecule has 0 N–H and O–H groups in total. The number of rotatable bonds is 5. The summed E-state index contributed by atoms with van der Waals surface area (Å²) in [6.45, 7) is 0. The second-order valence-corrected chi connectivity index (χ2v) is 13.5. The molecule has 0 aliphatic heterocycles. The molecule has 9 rings (SSSR count). The van der Waals surface area contributed by atoms with E-state index in [4.69, 9.17) is 4.42 Å². The Morgan fingerprint density at radius 2 is 1.09 bits per heavy atom. The van der Waals surface area contributed by atoms with Gasteiger partial charge in [-0.25, -0.2) is 0 Å². The van der Waals surface area contributed by atoms with Crippen molar-refractivity contribution in [3.8, 4) is 22.3 Å². The van der Waals surface area contributed by atoms with Crippen molar-refractivity contribution in [2.75, 3.05) is 4.90 Å². The van der Waals surface area contributed by atoms with Crippen LogP contribution < -0.4 is 4.90 Å². The lowest BCUT2D eigenvalue weighted by Crippen LogP contribution is -2.10. The lowest BCUT2D eigenvalue weighted by molar-refractivity contribution is 0.669. The van der Waals surface area contributed by atoms with Gasteiger partial charge in [0.2, 0.25) is 0 Å². The smallest absolute Gasteiger partial charge is 0.137 e. The second kappa shape index (κ2) is 11.0. The minimum absolute atomic E-state index is 0.869. The minimum Gasteiger partial charge on any atom is -0.456 e. The van der Waals surface area contributed by atoms with Crippen molar-refractivity contribution in [2.45, 2.75) is 0 Å². The average Bonchev–Trinajstić information content (AvgIpc) is 3.67. The molecule has 0 amide bonds. The van der Waals surface area contributed by atoms with Crippen LogP contribution in [0.5, 0.6) is 0 Å². The Balaban J connectivity index is 1.36. The van der Waals surface area contributed by atoms with Crippen LogP contribution in [0.15, 0.2) is 167 Å². The summed E-state index contributed by atoms with van der Waals surface area (Å²) in [6, 6.07) is 56.2. The number of para-hydroxylation sites is 1. The van der Waals surface area contributed by atoms with E-state index in [2.05, 4.69) is 166 Å². The normalized spacial score (nSPS) is 11.6. The molecule has 0 atom stereocenters. The van der Waals surface area contributed by atoms with E-state index < -0.39 is 0 Å². The standard InChI is InChI=1S/C42H26BrNOS/c43-31-24-37-36-16-8-10-18-41(36)46-42(37)38(25-31)44(32-19-20-35-34-15-7-9-17-39(34)45-40(35)26-32)33-22-29(27-11-3-1-4-12-27)21-30(23-33)28-13-5-2-6-14-28/h1-26H. The van der Waals surface area contributed by atoms with E-state index in [0.29, 0.717) is 0 Å². The molecule has 46 heavy (non-hydrogen) atoms. The van der Waals surface area contributed by atoms with Crippen LogP contribution in [0.25, 0.3) is 64.4 Å². The monoisotopic (exact) mass is 671 g/mol. The zero-order valence-corrected chi connectivity index (χ0v) is 27.1. The van der Waals surface area contributed by atoms with Crippen molar-refractivity contribution in [3.05, 3.63) is 162 Å². The summed E-state index contributed by atoms with van der Waals surface area (Å²) in [6.07, 6.45) is 0.